The zero-order valence-electron chi connectivity index (χ0n) is 18.3. The average molecular weight is 459 g/mol. The minimum atomic E-state index is -0.192. The van der Waals surface area contributed by atoms with Crippen LogP contribution in [-0.2, 0) is 11.8 Å². The van der Waals surface area contributed by atoms with Gasteiger partial charge in [0.25, 0.3) is 5.91 Å². The third kappa shape index (κ3) is 4.31. The van der Waals surface area contributed by atoms with Gasteiger partial charge in [0.15, 0.2) is 0 Å². The van der Waals surface area contributed by atoms with E-state index in [2.05, 4.69) is 45.9 Å². The van der Waals surface area contributed by atoms with Crippen LogP contribution in [0, 0.1) is 0 Å². The third-order valence-electron chi connectivity index (χ3n) is 5.66. The SMILES string of the molecule is COc1ccc([C@@H]2CC(c3ccc4ccccc4c3)=NN2C(=O)CSc2nnnn2C)cc1. The van der Waals surface area contributed by atoms with Crippen LogP contribution in [0.3, 0.4) is 0 Å². The van der Waals surface area contributed by atoms with Crippen molar-refractivity contribution in [2.75, 3.05) is 12.9 Å². The summed E-state index contributed by atoms with van der Waals surface area (Å²) < 4.78 is 6.84. The monoisotopic (exact) mass is 458 g/mol. The fraction of sp³-hybridized carbons (Fsp3) is 0.208. The van der Waals surface area contributed by atoms with Gasteiger partial charge in [0, 0.05) is 13.5 Å². The van der Waals surface area contributed by atoms with Gasteiger partial charge in [0.1, 0.15) is 5.75 Å². The fourth-order valence-corrected chi connectivity index (χ4v) is 4.61. The molecule has 0 bridgehead atoms. The highest BCUT2D eigenvalue weighted by molar-refractivity contribution is 7.99. The Morgan fingerprint density at radius 2 is 1.88 bits per heavy atom. The smallest absolute Gasteiger partial charge is 0.253 e. The van der Waals surface area contributed by atoms with Crippen LogP contribution in [0.2, 0.25) is 0 Å². The highest BCUT2D eigenvalue weighted by Crippen LogP contribution is 2.35. The van der Waals surface area contributed by atoms with Crippen LogP contribution >= 0.6 is 11.8 Å². The summed E-state index contributed by atoms with van der Waals surface area (Å²) in [6, 6.07) is 22.1. The first-order chi connectivity index (χ1) is 16.1. The Balaban J connectivity index is 1.45. The lowest BCUT2D eigenvalue weighted by molar-refractivity contribution is -0.130. The molecule has 0 spiro atoms. The molecule has 3 aromatic carbocycles. The second kappa shape index (κ2) is 9.03. The van der Waals surface area contributed by atoms with Gasteiger partial charge in [0.05, 0.1) is 24.6 Å². The Bertz CT molecular complexity index is 1330. The minimum Gasteiger partial charge on any atom is -0.497 e. The molecule has 0 aliphatic carbocycles. The molecule has 0 saturated heterocycles. The molecule has 1 aromatic heterocycles. The largest absolute Gasteiger partial charge is 0.497 e. The van der Waals surface area contributed by atoms with Crippen LogP contribution in [0.4, 0.5) is 0 Å². The molecule has 1 aliphatic heterocycles. The number of aryl methyl sites for hydroxylation is 1. The van der Waals surface area contributed by atoms with E-state index in [0.29, 0.717) is 11.6 Å². The quantitative estimate of drug-likeness (QED) is 0.408. The number of rotatable bonds is 6. The van der Waals surface area contributed by atoms with Crippen molar-refractivity contribution >= 4 is 34.2 Å². The van der Waals surface area contributed by atoms with Crippen LogP contribution < -0.4 is 4.74 Å². The van der Waals surface area contributed by atoms with E-state index in [1.54, 1.807) is 23.8 Å². The van der Waals surface area contributed by atoms with Gasteiger partial charge in [-0.3, -0.25) is 4.79 Å². The lowest BCUT2D eigenvalue weighted by atomic mass is 9.97. The molecular formula is C24H22N6O2S. The van der Waals surface area contributed by atoms with Crippen LogP contribution in [0.15, 0.2) is 77.0 Å². The molecule has 0 unspecified atom stereocenters. The Hall–Kier alpha value is -3.72. The van der Waals surface area contributed by atoms with E-state index in [9.17, 15) is 4.79 Å². The maximum Gasteiger partial charge on any atom is 0.253 e. The first kappa shape index (κ1) is 21.1. The molecule has 4 aromatic rings. The lowest BCUT2D eigenvalue weighted by Gasteiger charge is -2.22. The second-order valence-electron chi connectivity index (χ2n) is 7.71. The van der Waals surface area contributed by atoms with Crippen molar-refractivity contribution in [3.8, 4) is 5.75 Å². The first-order valence-corrected chi connectivity index (χ1v) is 11.5. The van der Waals surface area contributed by atoms with Crippen molar-refractivity contribution in [1.29, 1.82) is 0 Å². The molecular weight excluding hydrogens is 436 g/mol. The number of carbonyl (C=O) groups excluding carboxylic acids is 1. The molecule has 9 heteroatoms. The number of fused-ring (bicyclic) bond motifs is 1. The van der Waals surface area contributed by atoms with Gasteiger partial charge >= 0.3 is 0 Å². The molecule has 8 nitrogen and oxygen atoms in total. The van der Waals surface area contributed by atoms with Gasteiger partial charge in [-0.05, 0) is 50.5 Å². The topological polar surface area (TPSA) is 85.5 Å². The summed E-state index contributed by atoms with van der Waals surface area (Å²) in [5.74, 6) is 0.866. The molecule has 2 heterocycles. The van der Waals surface area contributed by atoms with Crippen LogP contribution in [0.25, 0.3) is 10.8 Å². The average Bonchev–Trinajstić information content (AvgIpc) is 3.49. The van der Waals surface area contributed by atoms with E-state index in [-0.39, 0.29) is 17.7 Å². The number of benzene rings is 3. The van der Waals surface area contributed by atoms with E-state index in [4.69, 9.17) is 9.84 Å². The highest BCUT2D eigenvalue weighted by atomic mass is 32.2. The van der Waals surface area contributed by atoms with Gasteiger partial charge in [-0.2, -0.15) is 5.10 Å². The van der Waals surface area contributed by atoms with Gasteiger partial charge in [-0.25, -0.2) is 9.69 Å². The normalized spacial score (nSPS) is 15.6. The van der Waals surface area contributed by atoms with Gasteiger partial charge in [-0.1, -0.05) is 60.3 Å². The number of hydrogen-bond donors (Lipinski definition) is 0. The molecule has 33 heavy (non-hydrogen) atoms. The molecule has 0 radical (unpaired) electrons. The summed E-state index contributed by atoms with van der Waals surface area (Å²) in [5.41, 5.74) is 2.92. The Morgan fingerprint density at radius 3 is 2.61 bits per heavy atom. The summed E-state index contributed by atoms with van der Waals surface area (Å²) in [6.07, 6.45) is 0.632. The molecule has 166 valence electrons. The van der Waals surface area contributed by atoms with Crippen molar-refractivity contribution in [2.45, 2.75) is 17.6 Å². The number of carbonyl (C=O) groups is 1. The van der Waals surface area contributed by atoms with Crippen molar-refractivity contribution in [3.05, 3.63) is 77.9 Å². The molecule has 5 rings (SSSR count). The maximum absolute atomic E-state index is 13.2. The van der Waals surface area contributed by atoms with E-state index >= 15 is 0 Å². The number of aromatic nitrogens is 4. The minimum absolute atomic E-state index is 0.0976. The van der Waals surface area contributed by atoms with E-state index in [1.165, 1.54) is 17.1 Å². The van der Waals surface area contributed by atoms with E-state index in [1.807, 2.05) is 36.4 Å². The second-order valence-corrected chi connectivity index (χ2v) is 8.66. The Morgan fingerprint density at radius 1 is 1.09 bits per heavy atom. The zero-order valence-corrected chi connectivity index (χ0v) is 19.1. The summed E-state index contributed by atoms with van der Waals surface area (Å²) in [5, 5.41) is 20.7. The summed E-state index contributed by atoms with van der Waals surface area (Å²) in [6.45, 7) is 0. The molecule has 1 aliphatic rings. The van der Waals surface area contributed by atoms with Crippen LogP contribution in [0.1, 0.15) is 23.6 Å². The highest BCUT2D eigenvalue weighted by Gasteiger charge is 2.33. The van der Waals surface area contributed by atoms with E-state index < -0.39 is 0 Å². The number of hydrazone groups is 1. The number of hydrogen-bond acceptors (Lipinski definition) is 7. The molecule has 0 N–H and O–H groups in total. The summed E-state index contributed by atoms with van der Waals surface area (Å²) >= 11 is 1.30. The van der Waals surface area contributed by atoms with Gasteiger partial charge in [0.2, 0.25) is 5.16 Å². The fourth-order valence-electron chi connectivity index (χ4n) is 3.91. The predicted octanol–water partition coefficient (Wildman–Crippen LogP) is 3.84. The van der Waals surface area contributed by atoms with Crippen LogP contribution in [-0.4, -0.2) is 49.7 Å². The standard InChI is InChI=1S/C24H22N6O2S/c1-29-24(25-27-28-29)33-15-23(31)30-22(17-9-11-20(32-2)12-10-17)14-21(26-30)19-8-7-16-5-3-4-6-18(16)13-19/h3-13,22H,14-15H2,1-2H3/t22-/m0/s1. The Labute approximate surface area is 195 Å². The number of ether oxygens (including phenoxy) is 1. The van der Waals surface area contributed by atoms with Crippen molar-refractivity contribution in [3.63, 3.8) is 0 Å². The summed E-state index contributed by atoms with van der Waals surface area (Å²) in [7, 11) is 3.39. The maximum atomic E-state index is 13.2. The molecule has 0 fully saturated rings. The number of thioether (sulfide) groups is 1. The van der Waals surface area contributed by atoms with Crippen LogP contribution in [0.5, 0.6) is 5.75 Å². The zero-order chi connectivity index (χ0) is 22.8. The lowest BCUT2D eigenvalue weighted by Crippen LogP contribution is -2.28. The predicted molar refractivity (Wildman–Crippen MR) is 127 cm³/mol. The third-order valence-corrected chi connectivity index (χ3v) is 6.65. The molecule has 1 amide bonds. The van der Waals surface area contributed by atoms with Gasteiger partial charge < -0.3 is 4.74 Å². The number of methoxy groups -OCH3 is 1. The summed E-state index contributed by atoms with van der Waals surface area (Å²) in [4.78, 5) is 13.2. The number of amides is 1. The van der Waals surface area contributed by atoms with Crippen molar-refractivity contribution in [1.82, 2.24) is 25.2 Å². The first-order valence-electron chi connectivity index (χ1n) is 10.5. The Kier molecular flexibility index (Phi) is 5.78. The number of tetrazole rings is 1. The molecule has 1 atom stereocenters. The number of nitrogens with zero attached hydrogens (tertiary/aromatic N) is 6. The van der Waals surface area contributed by atoms with Gasteiger partial charge in [-0.15, -0.1) is 5.10 Å². The molecule has 0 saturated carbocycles. The van der Waals surface area contributed by atoms with Crippen molar-refractivity contribution < 1.29 is 9.53 Å². The van der Waals surface area contributed by atoms with Crippen molar-refractivity contribution in [2.24, 2.45) is 12.1 Å². The van der Waals surface area contributed by atoms with E-state index in [0.717, 1.165) is 28.0 Å².